The molecule has 20 heavy (non-hydrogen) atoms. The predicted octanol–water partition coefficient (Wildman–Crippen LogP) is 3.36. The lowest BCUT2D eigenvalue weighted by atomic mass is 10.00. The molecule has 102 valence electrons. The summed E-state index contributed by atoms with van der Waals surface area (Å²) in [5, 5.41) is 3.21. The summed E-state index contributed by atoms with van der Waals surface area (Å²) in [5.41, 5.74) is 2.76. The summed E-state index contributed by atoms with van der Waals surface area (Å²) in [5.74, 6) is -1.29. The van der Waals surface area contributed by atoms with Crippen LogP contribution in [0.25, 0.3) is 0 Å². The zero-order valence-electron chi connectivity index (χ0n) is 10.7. The van der Waals surface area contributed by atoms with Crippen LogP contribution in [0.3, 0.4) is 0 Å². The highest BCUT2D eigenvalue weighted by Crippen LogP contribution is 2.24. The summed E-state index contributed by atoms with van der Waals surface area (Å²) in [6, 6.07) is 8.57. The van der Waals surface area contributed by atoms with Crippen molar-refractivity contribution in [2.45, 2.75) is 12.8 Å². The maximum atomic E-state index is 13.5. The molecule has 0 saturated carbocycles. The van der Waals surface area contributed by atoms with Crippen molar-refractivity contribution >= 4 is 11.5 Å². The molecule has 0 bridgehead atoms. The molecule has 0 amide bonds. The Morgan fingerprint density at radius 2 is 2.00 bits per heavy atom. The Labute approximate surface area is 115 Å². The van der Waals surface area contributed by atoms with Crippen LogP contribution in [0.1, 0.15) is 21.5 Å². The van der Waals surface area contributed by atoms with E-state index < -0.39 is 11.6 Å². The molecule has 0 aliphatic carbocycles. The van der Waals surface area contributed by atoms with Crippen molar-refractivity contribution in [1.29, 1.82) is 0 Å². The van der Waals surface area contributed by atoms with Crippen LogP contribution in [-0.2, 0) is 12.8 Å². The van der Waals surface area contributed by atoms with Crippen molar-refractivity contribution in [2.75, 3.05) is 11.9 Å². The van der Waals surface area contributed by atoms with Gasteiger partial charge >= 0.3 is 0 Å². The second kappa shape index (κ2) is 5.04. The largest absolute Gasteiger partial charge is 0.384 e. The molecule has 0 saturated heterocycles. The van der Waals surface area contributed by atoms with Crippen molar-refractivity contribution in [3.8, 4) is 0 Å². The summed E-state index contributed by atoms with van der Waals surface area (Å²) in [7, 11) is 0. The lowest BCUT2D eigenvalue weighted by Crippen LogP contribution is -2.06. The molecule has 3 rings (SSSR count). The van der Waals surface area contributed by atoms with Crippen LogP contribution in [0.15, 0.2) is 36.4 Å². The van der Waals surface area contributed by atoms with Gasteiger partial charge in [-0.3, -0.25) is 4.79 Å². The first kappa shape index (κ1) is 12.8. The van der Waals surface area contributed by atoms with Gasteiger partial charge in [0.25, 0.3) is 0 Å². The highest BCUT2D eigenvalue weighted by molar-refractivity contribution is 5.98. The van der Waals surface area contributed by atoms with Crippen molar-refractivity contribution in [3.63, 3.8) is 0 Å². The molecule has 1 aliphatic rings. The number of rotatable bonds is 3. The van der Waals surface area contributed by atoms with E-state index >= 15 is 0 Å². The quantitative estimate of drug-likeness (QED) is 0.869. The van der Waals surface area contributed by atoms with E-state index in [1.807, 2.05) is 12.1 Å². The second-order valence-electron chi connectivity index (χ2n) is 4.88. The molecule has 4 heteroatoms. The second-order valence-corrected chi connectivity index (χ2v) is 4.88. The Morgan fingerprint density at radius 1 is 1.15 bits per heavy atom. The average molecular weight is 273 g/mol. The minimum absolute atomic E-state index is 0.0913. The van der Waals surface area contributed by atoms with Gasteiger partial charge in [-0.05, 0) is 53.9 Å². The number of anilines is 1. The fraction of sp³-hybridized carbons (Fsp3) is 0.188. The molecule has 0 unspecified atom stereocenters. The summed E-state index contributed by atoms with van der Waals surface area (Å²) >= 11 is 0. The number of hydrogen-bond acceptors (Lipinski definition) is 2. The Bertz CT molecular complexity index is 682. The van der Waals surface area contributed by atoms with Gasteiger partial charge in [0.1, 0.15) is 11.6 Å². The van der Waals surface area contributed by atoms with Crippen LogP contribution >= 0.6 is 0 Å². The van der Waals surface area contributed by atoms with Gasteiger partial charge in [-0.15, -0.1) is 0 Å². The third-order valence-corrected chi connectivity index (χ3v) is 3.50. The predicted molar refractivity (Wildman–Crippen MR) is 73.0 cm³/mol. The highest BCUT2D eigenvalue weighted by atomic mass is 19.1. The molecular formula is C16H13F2NO. The lowest BCUT2D eigenvalue weighted by Gasteiger charge is -2.05. The Kier molecular flexibility index (Phi) is 3.22. The minimum atomic E-state index is -0.553. The first-order valence-corrected chi connectivity index (χ1v) is 6.47. The summed E-state index contributed by atoms with van der Waals surface area (Å²) in [6.45, 7) is 0.867. The summed E-state index contributed by atoms with van der Waals surface area (Å²) < 4.78 is 26.6. The molecule has 2 aromatic carbocycles. The Hall–Kier alpha value is -2.23. The number of Topliss-reactive ketones (excluding diaryl/α,β-unsaturated/α-hetero) is 1. The average Bonchev–Trinajstić information content (AvgIpc) is 2.90. The van der Waals surface area contributed by atoms with E-state index in [1.165, 1.54) is 0 Å². The molecular weight excluding hydrogens is 260 g/mol. The number of carbonyl (C=O) groups excluding carboxylic acids is 1. The number of fused-ring (bicyclic) bond motifs is 1. The van der Waals surface area contributed by atoms with Crippen molar-refractivity contribution in [3.05, 3.63) is 64.7 Å². The maximum Gasteiger partial charge on any atom is 0.167 e. The van der Waals surface area contributed by atoms with Gasteiger partial charge in [0.05, 0.1) is 0 Å². The van der Waals surface area contributed by atoms with E-state index in [0.29, 0.717) is 5.56 Å². The Balaban J connectivity index is 1.84. The number of halogens is 2. The fourth-order valence-corrected chi connectivity index (χ4v) is 2.43. The van der Waals surface area contributed by atoms with Gasteiger partial charge in [-0.2, -0.15) is 0 Å². The third kappa shape index (κ3) is 2.41. The van der Waals surface area contributed by atoms with Gasteiger partial charge in [0.2, 0.25) is 0 Å². The van der Waals surface area contributed by atoms with Gasteiger partial charge < -0.3 is 5.32 Å². The lowest BCUT2D eigenvalue weighted by molar-refractivity contribution is 0.0991. The summed E-state index contributed by atoms with van der Waals surface area (Å²) in [4.78, 5) is 12.2. The molecule has 0 atom stereocenters. The normalized spacial score (nSPS) is 12.9. The van der Waals surface area contributed by atoms with E-state index in [0.717, 1.165) is 42.4 Å². The molecule has 0 radical (unpaired) electrons. The molecule has 2 nitrogen and oxygen atoms in total. The Morgan fingerprint density at radius 3 is 2.85 bits per heavy atom. The standard InChI is InChI=1S/C16H13F2NO/c17-13-2-3-14(18)12(8-13)9-16(20)11-1-4-15-10(7-11)5-6-19-15/h1-4,7-8,19H,5-6,9H2. The number of ketones is 1. The monoisotopic (exact) mass is 273 g/mol. The third-order valence-electron chi connectivity index (χ3n) is 3.50. The topological polar surface area (TPSA) is 29.1 Å². The molecule has 0 aromatic heterocycles. The maximum absolute atomic E-state index is 13.5. The molecule has 1 aliphatic heterocycles. The SMILES string of the molecule is O=C(Cc1cc(F)ccc1F)c1ccc2c(c1)CCN2. The number of nitrogens with one attached hydrogen (secondary N) is 1. The first-order valence-electron chi connectivity index (χ1n) is 6.47. The number of hydrogen-bond donors (Lipinski definition) is 1. The number of benzene rings is 2. The molecule has 0 fully saturated rings. The zero-order chi connectivity index (χ0) is 14.1. The van der Waals surface area contributed by atoms with Crippen molar-refractivity contribution in [1.82, 2.24) is 0 Å². The highest BCUT2D eigenvalue weighted by Gasteiger charge is 2.15. The summed E-state index contributed by atoms with van der Waals surface area (Å²) in [6.07, 6.45) is 0.751. The van der Waals surface area contributed by atoms with Crippen LogP contribution in [0.4, 0.5) is 14.5 Å². The van der Waals surface area contributed by atoms with Crippen LogP contribution in [0.5, 0.6) is 0 Å². The molecule has 1 N–H and O–H groups in total. The zero-order valence-corrected chi connectivity index (χ0v) is 10.7. The van der Waals surface area contributed by atoms with Crippen LogP contribution in [0, 0.1) is 11.6 Å². The fourth-order valence-electron chi connectivity index (χ4n) is 2.43. The first-order chi connectivity index (χ1) is 9.63. The molecule has 2 aromatic rings. The van der Waals surface area contributed by atoms with Gasteiger partial charge in [-0.25, -0.2) is 8.78 Å². The van der Waals surface area contributed by atoms with Crippen LogP contribution in [0.2, 0.25) is 0 Å². The van der Waals surface area contributed by atoms with Gasteiger partial charge in [-0.1, -0.05) is 0 Å². The van der Waals surface area contributed by atoms with E-state index in [4.69, 9.17) is 0 Å². The minimum Gasteiger partial charge on any atom is -0.384 e. The van der Waals surface area contributed by atoms with Gasteiger partial charge in [0.15, 0.2) is 5.78 Å². The van der Waals surface area contributed by atoms with E-state index in [9.17, 15) is 13.6 Å². The van der Waals surface area contributed by atoms with Crippen LogP contribution < -0.4 is 5.32 Å². The van der Waals surface area contributed by atoms with Crippen molar-refractivity contribution in [2.24, 2.45) is 0 Å². The van der Waals surface area contributed by atoms with Crippen molar-refractivity contribution < 1.29 is 13.6 Å². The van der Waals surface area contributed by atoms with E-state index in [-0.39, 0.29) is 17.8 Å². The van der Waals surface area contributed by atoms with Crippen LogP contribution in [-0.4, -0.2) is 12.3 Å². The number of carbonyl (C=O) groups is 1. The van der Waals surface area contributed by atoms with E-state index in [2.05, 4.69) is 5.32 Å². The molecule has 1 heterocycles. The molecule has 0 spiro atoms. The van der Waals surface area contributed by atoms with Gasteiger partial charge in [0, 0.05) is 24.2 Å². The smallest absolute Gasteiger partial charge is 0.167 e. The van der Waals surface area contributed by atoms with E-state index in [1.54, 1.807) is 6.07 Å².